The lowest BCUT2D eigenvalue weighted by Crippen LogP contribution is -2.37. The van der Waals surface area contributed by atoms with E-state index in [1.807, 2.05) is 0 Å². The van der Waals surface area contributed by atoms with Crippen LogP contribution in [0.1, 0.15) is 33.1 Å². The molecule has 0 saturated carbocycles. The molecule has 6 nitrogen and oxygen atoms in total. The van der Waals surface area contributed by atoms with E-state index in [1.54, 1.807) is 13.0 Å². The summed E-state index contributed by atoms with van der Waals surface area (Å²) < 4.78 is 32.3. The van der Waals surface area contributed by atoms with E-state index < -0.39 is 10.0 Å². The zero-order valence-corrected chi connectivity index (χ0v) is 14.6. The van der Waals surface area contributed by atoms with Crippen LogP contribution >= 0.6 is 0 Å². The predicted octanol–water partition coefficient (Wildman–Crippen LogP) is 2.46. The molecule has 0 unspecified atom stereocenters. The van der Waals surface area contributed by atoms with Crippen LogP contribution in [0.5, 0.6) is 5.75 Å². The summed E-state index contributed by atoms with van der Waals surface area (Å²) in [5.74, 6) is 0.805. The third kappa shape index (κ3) is 4.03. The summed E-state index contributed by atoms with van der Waals surface area (Å²) in [5, 5.41) is 2.69. The van der Waals surface area contributed by atoms with Crippen molar-refractivity contribution >= 4 is 21.6 Å². The first kappa shape index (κ1) is 17.7. The van der Waals surface area contributed by atoms with E-state index >= 15 is 0 Å². The highest BCUT2D eigenvalue weighted by atomic mass is 32.2. The van der Waals surface area contributed by atoms with Crippen molar-refractivity contribution in [1.82, 2.24) is 4.31 Å². The molecule has 1 aliphatic rings. The lowest BCUT2D eigenvalue weighted by Gasteiger charge is -2.29. The minimum absolute atomic E-state index is 0.180. The second kappa shape index (κ2) is 7.31. The number of hydrogen-bond donors (Lipinski definition) is 1. The van der Waals surface area contributed by atoms with E-state index in [-0.39, 0.29) is 10.8 Å². The van der Waals surface area contributed by atoms with Gasteiger partial charge in [0, 0.05) is 19.5 Å². The summed E-state index contributed by atoms with van der Waals surface area (Å²) in [6.07, 6.45) is 2.05. The van der Waals surface area contributed by atoms with Gasteiger partial charge in [-0.1, -0.05) is 13.8 Å². The smallest absolute Gasteiger partial charge is 0.243 e. The van der Waals surface area contributed by atoms with Crippen molar-refractivity contribution in [1.29, 1.82) is 0 Å². The summed E-state index contributed by atoms with van der Waals surface area (Å²) >= 11 is 0. The number of sulfonamides is 1. The molecule has 128 valence electrons. The predicted molar refractivity (Wildman–Crippen MR) is 89.1 cm³/mol. The van der Waals surface area contributed by atoms with E-state index in [9.17, 15) is 13.2 Å². The Morgan fingerprint density at radius 1 is 1.35 bits per heavy atom. The topological polar surface area (TPSA) is 75.7 Å². The number of benzene rings is 1. The van der Waals surface area contributed by atoms with E-state index in [2.05, 4.69) is 12.2 Å². The number of nitrogens with zero attached hydrogens (tertiary/aromatic N) is 1. The third-order valence-corrected chi connectivity index (χ3v) is 6.04. The second-order valence-corrected chi connectivity index (χ2v) is 7.79. The summed E-state index contributed by atoms with van der Waals surface area (Å²) in [7, 11) is -2.07. The van der Waals surface area contributed by atoms with Crippen LogP contribution in [0.15, 0.2) is 23.1 Å². The molecule has 1 aromatic rings. The number of methoxy groups -OCH3 is 1. The highest BCUT2D eigenvalue weighted by Gasteiger charge is 2.28. The highest BCUT2D eigenvalue weighted by molar-refractivity contribution is 7.89. The molecule has 0 aliphatic carbocycles. The number of nitrogens with one attached hydrogen (secondary N) is 1. The Morgan fingerprint density at radius 3 is 2.57 bits per heavy atom. The Balaban J connectivity index is 2.31. The van der Waals surface area contributed by atoms with Crippen LogP contribution in [0.3, 0.4) is 0 Å². The van der Waals surface area contributed by atoms with Gasteiger partial charge in [-0.15, -0.1) is 0 Å². The fourth-order valence-electron chi connectivity index (χ4n) is 2.56. The standard InChI is InChI=1S/C16H24N2O4S/c1-4-16(19)17-14-11-13(5-6-15(14)22-3)23(20,21)18-9-7-12(2)8-10-18/h5-6,11-12H,4,7-10H2,1-3H3,(H,17,19). The number of hydrogen-bond acceptors (Lipinski definition) is 4. The van der Waals surface area contributed by atoms with Gasteiger partial charge in [0.15, 0.2) is 0 Å². The Morgan fingerprint density at radius 2 is 2.00 bits per heavy atom. The number of amides is 1. The molecule has 2 rings (SSSR count). The van der Waals surface area contributed by atoms with Gasteiger partial charge >= 0.3 is 0 Å². The molecule has 1 N–H and O–H groups in total. The number of anilines is 1. The van der Waals surface area contributed by atoms with E-state index in [0.29, 0.717) is 36.9 Å². The van der Waals surface area contributed by atoms with Crippen molar-refractivity contribution in [3.8, 4) is 5.75 Å². The first-order valence-corrected chi connectivity index (χ1v) is 9.30. The van der Waals surface area contributed by atoms with E-state index in [0.717, 1.165) is 12.8 Å². The highest BCUT2D eigenvalue weighted by Crippen LogP contribution is 2.30. The molecule has 1 amide bonds. The number of carbonyl (C=O) groups excluding carboxylic acids is 1. The Labute approximate surface area is 137 Å². The molecule has 0 bridgehead atoms. The quantitative estimate of drug-likeness (QED) is 0.893. The third-order valence-electron chi connectivity index (χ3n) is 4.15. The second-order valence-electron chi connectivity index (χ2n) is 5.85. The Hall–Kier alpha value is -1.60. The maximum absolute atomic E-state index is 12.8. The van der Waals surface area contributed by atoms with Crippen molar-refractivity contribution in [2.24, 2.45) is 5.92 Å². The average Bonchev–Trinajstić information content (AvgIpc) is 2.55. The van der Waals surface area contributed by atoms with Crippen LogP contribution in [0.4, 0.5) is 5.69 Å². The largest absolute Gasteiger partial charge is 0.495 e. The SMILES string of the molecule is CCC(=O)Nc1cc(S(=O)(=O)N2CCC(C)CC2)ccc1OC. The zero-order chi connectivity index (χ0) is 17.0. The van der Waals surface area contributed by atoms with Gasteiger partial charge in [-0.3, -0.25) is 4.79 Å². The average molecular weight is 340 g/mol. The maximum atomic E-state index is 12.8. The minimum atomic E-state index is -3.55. The van der Waals surface area contributed by atoms with Gasteiger partial charge in [-0.25, -0.2) is 8.42 Å². The van der Waals surface area contributed by atoms with Crippen molar-refractivity contribution in [3.05, 3.63) is 18.2 Å². The van der Waals surface area contributed by atoms with Gasteiger partial charge in [0.25, 0.3) is 0 Å². The fourth-order valence-corrected chi connectivity index (χ4v) is 4.05. The number of piperidine rings is 1. The normalized spacial score (nSPS) is 17.0. The van der Waals surface area contributed by atoms with Crippen molar-refractivity contribution in [2.75, 3.05) is 25.5 Å². The lowest BCUT2D eigenvalue weighted by atomic mass is 10.0. The molecule has 1 heterocycles. The van der Waals surface area contributed by atoms with Gasteiger partial charge in [0.05, 0.1) is 17.7 Å². The molecule has 1 saturated heterocycles. The molecule has 1 fully saturated rings. The monoisotopic (exact) mass is 340 g/mol. The first-order chi connectivity index (χ1) is 10.9. The summed E-state index contributed by atoms with van der Waals surface area (Å²) in [5.41, 5.74) is 0.380. The van der Waals surface area contributed by atoms with Crippen molar-refractivity contribution < 1.29 is 17.9 Å². The van der Waals surface area contributed by atoms with Crippen LogP contribution < -0.4 is 10.1 Å². The minimum Gasteiger partial charge on any atom is -0.495 e. The van der Waals surface area contributed by atoms with Crippen LogP contribution in [0, 0.1) is 5.92 Å². The number of carbonyl (C=O) groups is 1. The molecule has 23 heavy (non-hydrogen) atoms. The first-order valence-electron chi connectivity index (χ1n) is 7.86. The van der Waals surface area contributed by atoms with Crippen molar-refractivity contribution in [2.45, 2.75) is 38.0 Å². The molecule has 0 radical (unpaired) electrons. The van der Waals surface area contributed by atoms with Crippen LogP contribution in [-0.2, 0) is 14.8 Å². The van der Waals surface area contributed by atoms with E-state index in [4.69, 9.17) is 4.74 Å². The van der Waals surface area contributed by atoms with Crippen LogP contribution in [0.2, 0.25) is 0 Å². The zero-order valence-electron chi connectivity index (χ0n) is 13.8. The van der Waals surface area contributed by atoms with Gasteiger partial charge in [-0.05, 0) is 37.0 Å². The molecule has 1 aromatic carbocycles. The van der Waals surface area contributed by atoms with Gasteiger partial charge in [-0.2, -0.15) is 4.31 Å². The molecule has 0 spiro atoms. The molecule has 0 atom stereocenters. The summed E-state index contributed by atoms with van der Waals surface area (Å²) in [6, 6.07) is 4.57. The Bertz CT molecular complexity index is 665. The van der Waals surface area contributed by atoms with Crippen molar-refractivity contribution in [3.63, 3.8) is 0 Å². The fraction of sp³-hybridized carbons (Fsp3) is 0.562. The summed E-state index contributed by atoms with van der Waals surface area (Å²) in [6.45, 7) is 4.94. The van der Waals surface area contributed by atoms with E-state index in [1.165, 1.54) is 23.5 Å². The molecule has 1 aliphatic heterocycles. The maximum Gasteiger partial charge on any atom is 0.243 e. The van der Waals surface area contributed by atoms with Gasteiger partial charge in [0.2, 0.25) is 15.9 Å². The number of ether oxygens (including phenoxy) is 1. The van der Waals surface area contributed by atoms with Crippen LogP contribution in [0.25, 0.3) is 0 Å². The molecule has 7 heteroatoms. The van der Waals surface area contributed by atoms with Gasteiger partial charge in [0.1, 0.15) is 5.75 Å². The molecular formula is C16H24N2O4S. The Kier molecular flexibility index (Phi) is 5.64. The summed E-state index contributed by atoms with van der Waals surface area (Å²) in [4.78, 5) is 11.8. The molecular weight excluding hydrogens is 316 g/mol. The van der Waals surface area contributed by atoms with Crippen LogP contribution in [-0.4, -0.2) is 38.8 Å². The molecule has 0 aromatic heterocycles. The lowest BCUT2D eigenvalue weighted by molar-refractivity contribution is -0.115. The van der Waals surface area contributed by atoms with Gasteiger partial charge < -0.3 is 10.1 Å². The number of rotatable bonds is 5.